The highest BCUT2D eigenvalue weighted by Gasteiger charge is 2.21. The Kier molecular flexibility index (Phi) is 8.95. The monoisotopic (exact) mass is 470 g/mol. The SMILES string of the molecule is C[C@@H](NCCC1CN(c2cccc(OCC(=O)O)c2)CCO1)c1cccc2ccccc12.Cl. The van der Waals surface area contributed by atoms with E-state index in [1.807, 2.05) is 18.2 Å². The molecule has 0 spiro atoms. The second-order valence-corrected chi connectivity index (χ2v) is 8.15. The molecule has 1 unspecified atom stereocenters. The molecule has 3 aromatic rings. The lowest BCUT2D eigenvalue weighted by Crippen LogP contribution is -2.43. The number of ether oxygens (including phenoxy) is 2. The van der Waals surface area contributed by atoms with Gasteiger partial charge in [-0.05, 0) is 48.4 Å². The molecular weight excluding hydrogens is 440 g/mol. The zero-order valence-electron chi connectivity index (χ0n) is 18.8. The van der Waals surface area contributed by atoms with Crippen molar-refractivity contribution in [2.45, 2.75) is 25.5 Å². The number of fused-ring (bicyclic) bond motifs is 1. The van der Waals surface area contributed by atoms with E-state index in [2.05, 4.69) is 59.6 Å². The van der Waals surface area contributed by atoms with Crippen LogP contribution in [-0.2, 0) is 9.53 Å². The summed E-state index contributed by atoms with van der Waals surface area (Å²) in [4.78, 5) is 13.0. The summed E-state index contributed by atoms with van der Waals surface area (Å²) in [5.74, 6) is -0.411. The van der Waals surface area contributed by atoms with Crippen LogP contribution >= 0.6 is 12.4 Å². The lowest BCUT2D eigenvalue weighted by Gasteiger charge is -2.35. The van der Waals surface area contributed by atoms with Gasteiger partial charge in [-0.3, -0.25) is 0 Å². The number of carboxylic acids is 1. The Morgan fingerprint density at radius 2 is 1.97 bits per heavy atom. The summed E-state index contributed by atoms with van der Waals surface area (Å²) in [7, 11) is 0. The molecule has 176 valence electrons. The van der Waals surface area contributed by atoms with Crippen LogP contribution in [0.3, 0.4) is 0 Å². The van der Waals surface area contributed by atoms with E-state index in [0.29, 0.717) is 12.4 Å². The molecule has 1 fully saturated rings. The van der Waals surface area contributed by atoms with Gasteiger partial charge >= 0.3 is 5.97 Å². The Bertz CT molecular complexity index is 1060. The summed E-state index contributed by atoms with van der Waals surface area (Å²) in [6, 6.07) is 22.8. The number of morpholine rings is 1. The predicted octanol–water partition coefficient (Wildman–Crippen LogP) is 4.67. The number of hydrogen-bond acceptors (Lipinski definition) is 5. The van der Waals surface area contributed by atoms with Crippen LogP contribution in [0.2, 0.25) is 0 Å². The van der Waals surface area contributed by atoms with Crippen LogP contribution in [0.4, 0.5) is 5.69 Å². The van der Waals surface area contributed by atoms with Crippen LogP contribution in [0.1, 0.15) is 24.9 Å². The molecule has 0 saturated carbocycles. The van der Waals surface area contributed by atoms with E-state index in [-0.39, 0.29) is 31.2 Å². The maximum atomic E-state index is 10.7. The number of aliphatic carboxylic acids is 1. The molecule has 0 aromatic heterocycles. The van der Waals surface area contributed by atoms with Gasteiger partial charge in [0.15, 0.2) is 6.61 Å². The first-order valence-corrected chi connectivity index (χ1v) is 11.1. The maximum absolute atomic E-state index is 10.7. The number of anilines is 1. The Labute approximate surface area is 200 Å². The van der Waals surface area contributed by atoms with Gasteiger partial charge in [-0.15, -0.1) is 12.4 Å². The summed E-state index contributed by atoms with van der Waals surface area (Å²) in [6.45, 7) is 5.01. The summed E-state index contributed by atoms with van der Waals surface area (Å²) in [6.07, 6.45) is 1.06. The topological polar surface area (TPSA) is 71.0 Å². The van der Waals surface area contributed by atoms with Crippen molar-refractivity contribution in [3.8, 4) is 5.75 Å². The molecule has 2 N–H and O–H groups in total. The second-order valence-electron chi connectivity index (χ2n) is 8.15. The molecular formula is C26H31ClN2O4. The molecule has 2 atom stereocenters. The van der Waals surface area contributed by atoms with Gasteiger partial charge in [0.2, 0.25) is 0 Å². The molecule has 0 aliphatic carbocycles. The average molecular weight is 471 g/mol. The standard InChI is InChI=1S/C26H30N2O4.ClH/c1-19(24-11-4-7-20-6-2-3-10-25(20)24)27-13-12-23-17-28(14-15-31-23)21-8-5-9-22(16-21)32-18-26(29)30;/h2-11,16,19,23,27H,12-15,17-18H2,1H3,(H,29,30);1H/t19-,23?;/m1./s1. The van der Waals surface area contributed by atoms with E-state index in [1.54, 1.807) is 6.07 Å². The maximum Gasteiger partial charge on any atom is 0.341 e. The number of nitrogens with zero attached hydrogens (tertiary/aromatic N) is 1. The molecule has 6 nitrogen and oxygen atoms in total. The normalized spacial score (nSPS) is 16.8. The van der Waals surface area contributed by atoms with Crippen LogP contribution in [0.15, 0.2) is 66.7 Å². The zero-order valence-corrected chi connectivity index (χ0v) is 19.6. The highest BCUT2D eigenvalue weighted by atomic mass is 35.5. The van der Waals surface area contributed by atoms with Crippen molar-refractivity contribution in [3.63, 3.8) is 0 Å². The molecule has 0 bridgehead atoms. The quantitative estimate of drug-likeness (QED) is 0.473. The summed E-state index contributed by atoms with van der Waals surface area (Å²) >= 11 is 0. The van der Waals surface area contributed by atoms with E-state index in [9.17, 15) is 4.79 Å². The van der Waals surface area contributed by atoms with Crippen molar-refractivity contribution in [2.24, 2.45) is 0 Å². The van der Waals surface area contributed by atoms with E-state index in [4.69, 9.17) is 14.6 Å². The zero-order chi connectivity index (χ0) is 22.3. The van der Waals surface area contributed by atoms with Gasteiger partial charge in [-0.2, -0.15) is 0 Å². The summed E-state index contributed by atoms with van der Waals surface area (Å²) in [5, 5.41) is 15.0. The minimum atomic E-state index is -0.980. The molecule has 1 aliphatic rings. The molecule has 1 heterocycles. The molecule has 33 heavy (non-hydrogen) atoms. The fourth-order valence-corrected chi connectivity index (χ4v) is 4.24. The van der Waals surface area contributed by atoms with Gasteiger partial charge in [0.1, 0.15) is 5.75 Å². The first kappa shape index (κ1) is 24.8. The fraction of sp³-hybridized carbons (Fsp3) is 0.346. The van der Waals surface area contributed by atoms with Gasteiger partial charge in [0.25, 0.3) is 0 Å². The number of rotatable bonds is 9. The molecule has 3 aromatic carbocycles. The van der Waals surface area contributed by atoms with Gasteiger partial charge in [-0.25, -0.2) is 4.79 Å². The van der Waals surface area contributed by atoms with Crippen molar-refractivity contribution in [1.29, 1.82) is 0 Å². The van der Waals surface area contributed by atoms with Gasteiger partial charge < -0.3 is 24.8 Å². The molecule has 0 amide bonds. The van der Waals surface area contributed by atoms with E-state index in [0.717, 1.165) is 31.7 Å². The third-order valence-corrected chi connectivity index (χ3v) is 5.89. The van der Waals surface area contributed by atoms with Crippen LogP contribution in [0, 0.1) is 0 Å². The Balaban J connectivity index is 0.00000306. The largest absolute Gasteiger partial charge is 0.482 e. The minimum absolute atomic E-state index is 0. The highest BCUT2D eigenvalue weighted by molar-refractivity contribution is 5.86. The predicted molar refractivity (Wildman–Crippen MR) is 134 cm³/mol. The molecule has 1 saturated heterocycles. The number of benzene rings is 3. The first-order chi connectivity index (χ1) is 15.6. The van der Waals surface area contributed by atoms with E-state index < -0.39 is 5.97 Å². The van der Waals surface area contributed by atoms with Gasteiger partial charge in [-0.1, -0.05) is 48.5 Å². The summed E-state index contributed by atoms with van der Waals surface area (Å²) < 4.78 is 11.3. The van der Waals surface area contributed by atoms with E-state index >= 15 is 0 Å². The van der Waals surface area contributed by atoms with Crippen molar-refractivity contribution < 1.29 is 19.4 Å². The Hall–Kier alpha value is -2.80. The molecule has 4 rings (SSSR count). The lowest BCUT2D eigenvalue weighted by atomic mass is 9.99. The van der Waals surface area contributed by atoms with Crippen LogP contribution < -0.4 is 15.0 Å². The lowest BCUT2D eigenvalue weighted by molar-refractivity contribution is -0.139. The first-order valence-electron chi connectivity index (χ1n) is 11.1. The van der Waals surface area contributed by atoms with Crippen molar-refractivity contribution in [1.82, 2.24) is 5.32 Å². The Morgan fingerprint density at radius 1 is 1.18 bits per heavy atom. The average Bonchev–Trinajstić information content (AvgIpc) is 2.82. The van der Waals surface area contributed by atoms with Crippen LogP contribution in [0.25, 0.3) is 10.8 Å². The van der Waals surface area contributed by atoms with Crippen molar-refractivity contribution >= 4 is 34.8 Å². The Morgan fingerprint density at radius 3 is 2.82 bits per heavy atom. The minimum Gasteiger partial charge on any atom is -0.482 e. The molecule has 1 aliphatic heterocycles. The number of hydrogen-bond donors (Lipinski definition) is 2. The third kappa shape index (κ3) is 6.60. The highest BCUT2D eigenvalue weighted by Crippen LogP contribution is 2.25. The molecule has 7 heteroatoms. The van der Waals surface area contributed by atoms with Crippen molar-refractivity contribution in [3.05, 3.63) is 72.3 Å². The number of nitrogens with one attached hydrogen (secondary N) is 1. The number of halogens is 1. The van der Waals surface area contributed by atoms with Crippen LogP contribution in [-0.4, -0.2) is 50.0 Å². The fourth-order valence-electron chi connectivity index (χ4n) is 4.24. The number of carboxylic acid groups (broad SMARTS) is 1. The molecule has 0 radical (unpaired) electrons. The number of carbonyl (C=O) groups is 1. The van der Waals surface area contributed by atoms with Gasteiger partial charge in [0.05, 0.1) is 12.7 Å². The van der Waals surface area contributed by atoms with E-state index in [1.165, 1.54) is 16.3 Å². The third-order valence-electron chi connectivity index (χ3n) is 5.89. The smallest absolute Gasteiger partial charge is 0.341 e. The van der Waals surface area contributed by atoms with Crippen molar-refractivity contribution in [2.75, 3.05) is 37.7 Å². The second kappa shape index (κ2) is 11.9. The van der Waals surface area contributed by atoms with Gasteiger partial charge in [0, 0.05) is 30.9 Å². The van der Waals surface area contributed by atoms with Crippen LogP contribution in [0.5, 0.6) is 5.75 Å². The summed E-state index contributed by atoms with van der Waals surface area (Å²) in [5.41, 5.74) is 2.34.